The minimum Gasteiger partial charge on any atom is -0.490 e. The molecule has 0 aliphatic rings. The average molecular weight is 266 g/mol. The molecule has 1 aromatic rings. The number of anilines is 1. The third kappa shape index (κ3) is 4.13. The SMILES string of the molecule is CCN(CC)CCOc1cccc(C(=O)OC)c1N. The van der Waals surface area contributed by atoms with Crippen molar-refractivity contribution >= 4 is 11.7 Å². The lowest BCUT2D eigenvalue weighted by atomic mass is 10.1. The lowest BCUT2D eigenvalue weighted by Gasteiger charge is -2.18. The Morgan fingerprint density at radius 3 is 2.58 bits per heavy atom. The van der Waals surface area contributed by atoms with Crippen molar-refractivity contribution in [1.82, 2.24) is 4.90 Å². The van der Waals surface area contributed by atoms with Crippen molar-refractivity contribution in [3.63, 3.8) is 0 Å². The van der Waals surface area contributed by atoms with Gasteiger partial charge in [0.25, 0.3) is 0 Å². The van der Waals surface area contributed by atoms with Crippen molar-refractivity contribution in [2.75, 3.05) is 39.1 Å². The maximum absolute atomic E-state index is 11.5. The first-order valence-corrected chi connectivity index (χ1v) is 6.45. The Morgan fingerprint density at radius 1 is 1.32 bits per heavy atom. The van der Waals surface area contributed by atoms with Crippen molar-refractivity contribution in [2.24, 2.45) is 0 Å². The van der Waals surface area contributed by atoms with Gasteiger partial charge in [-0.1, -0.05) is 19.9 Å². The highest BCUT2D eigenvalue weighted by Crippen LogP contribution is 2.25. The van der Waals surface area contributed by atoms with E-state index in [1.165, 1.54) is 7.11 Å². The summed E-state index contributed by atoms with van der Waals surface area (Å²) in [7, 11) is 1.33. The molecule has 0 unspecified atom stereocenters. The average Bonchev–Trinajstić information content (AvgIpc) is 2.44. The van der Waals surface area contributed by atoms with Crippen LogP contribution in [0.15, 0.2) is 18.2 Å². The van der Waals surface area contributed by atoms with E-state index in [9.17, 15) is 4.79 Å². The summed E-state index contributed by atoms with van der Waals surface area (Å²) in [4.78, 5) is 13.7. The highest BCUT2D eigenvalue weighted by atomic mass is 16.5. The van der Waals surface area contributed by atoms with Gasteiger partial charge in [0.05, 0.1) is 18.4 Å². The Kier molecular flexibility index (Phi) is 6.15. The Hall–Kier alpha value is -1.75. The summed E-state index contributed by atoms with van der Waals surface area (Å²) in [5.41, 5.74) is 6.57. The lowest BCUT2D eigenvalue weighted by Crippen LogP contribution is -2.28. The number of hydrogen-bond donors (Lipinski definition) is 1. The predicted molar refractivity (Wildman–Crippen MR) is 75.5 cm³/mol. The van der Waals surface area contributed by atoms with Gasteiger partial charge in [-0.2, -0.15) is 0 Å². The van der Waals surface area contributed by atoms with Crippen LogP contribution in [0, 0.1) is 0 Å². The smallest absolute Gasteiger partial charge is 0.340 e. The van der Waals surface area contributed by atoms with Crippen LogP contribution >= 0.6 is 0 Å². The van der Waals surface area contributed by atoms with Crippen LogP contribution in [0.4, 0.5) is 5.69 Å². The molecule has 0 radical (unpaired) electrons. The first-order valence-electron chi connectivity index (χ1n) is 6.45. The van der Waals surface area contributed by atoms with E-state index in [1.807, 2.05) is 0 Å². The molecule has 106 valence electrons. The molecule has 0 aliphatic heterocycles. The number of likely N-dealkylation sites (N-methyl/N-ethyl adjacent to an activating group) is 1. The van der Waals surface area contributed by atoms with Gasteiger partial charge in [0.2, 0.25) is 0 Å². The normalized spacial score (nSPS) is 10.5. The summed E-state index contributed by atoms with van der Waals surface area (Å²) < 4.78 is 10.3. The molecule has 0 saturated heterocycles. The molecule has 0 saturated carbocycles. The number of carbonyl (C=O) groups excluding carboxylic acids is 1. The van der Waals surface area contributed by atoms with E-state index >= 15 is 0 Å². The second-order valence-corrected chi connectivity index (χ2v) is 4.08. The van der Waals surface area contributed by atoms with Gasteiger partial charge in [-0.25, -0.2) is 4.79 Å². The maximum atomic E-state index is 11.5. The topological polar surface area (TPSA) is 64.8 Å². The first-order chi connectivity index (χ1) is 9.13. The minimum atomic E-state index is -0.452. The summed E-state index contributed by atoms with van der Waals surface area (Å²) in [6.07, 6.45) is 0. The van der Waals surface area contributed by atoms with Gasteiger partial charge in [-0.05, 0) is 25.2 Å². The van der Waals surface area contributed by atoms with E-state index in [-0.39, 0.29) is 0 Å². The zero-order chi connectivity index (χ0) is 14.3. The summed E-state index contributed by atoms with van der Waals surface area (Å²) in [6, 6.07) is 5.11. The molecule has 0 amide bonds. The van der Waals surface area contributed by atoms with Gasteiger partial charge in [0.1, 0.15) is 12.4 Å². The minimum absolute atomic E-state index is 0.328. The van der Waals surface area contributed by atoms with Gasteiger partial charge in [-0.3, -0.25) is 0 Å². The van der Waals surface area contributed by atoms with Crippen molar-refractivity contribution in [3.05, 3.63) is 23.8 Å². The van der Waals surface area contributed by atoms with Gasteiger partial charge < -0.3 is 20.1 Å². The zero-order valence-electron chi connectivity index (χ0n) is 11.8. The zero-order valence-corrected chi connectivity index (χ0v) is 11.8. The second kappa shape index (κ2) is 7.63. The van der Waals surface area contributed by atoms with Crippen LogP contribution < -0.4 is 10.5 Å². The number of methoxy groups -OCH3 is 1. The molecule has 0 aliphatic carbocycles. The predicted octanol–water partition coefficient (Wildman–Crippen LogP) is 1.78. The number of esters is 1. The van der Waals surface area contributed by atoms with Gasteiger partial charge in [0, 0.05) is 6.54 Å². The van der Waals surface area contributed by atoms with Crippen LogP contribution in [-0.2, 0) is 4.74 Å². The van der Waals surface area contributed by atoms with E-state index in [0.29, 0.717) is 23.6 Å². The van der Waals surface area contributed by atoms with Crippen LogP contribution in [0.5, 0.6) is 5.75 Å². The van der Waals surface area contributed by atoms with Crippen LogP contribution in [-0.4, -0.2) is 44.2 Å². The Labute approximate surface area is 114 Å². The van der Waals surface area contributed by atoms with Crippen molar-refractivity contribution in [2.45, 2.75) is 13.8 Å². The van der Waals surface area contributed by atoms with Gasteiger partial charge in [-0.15, -0.1) is 0 Å². The maximum Gasteiger partial charge on any atom is 0.340 e. The molecule has 19 heavy (non-hydrogen) atoms. The third-order valence-electron chi connectivity index (χ3n) is 3.03. The van der Waals surface area contributed by atoms with Crippen molar-refractivity contribution < 1.29 is 14.3 Å². The fraction of sp³-hybridized carbons (Fsp3) is 0.500. The fourth-order valence-electron chi connectivity index (χ4n) is 1.78. The monoisotopic (exact) mass is 266 g/mol. The third-order valence-corrected chi connectivity index (χ3v) is 3.03. The van der Waals surface area contributed by atoms with Crippen LogP contribution in [0.1, 0.15) is 24.2 Å². The Bertz CT molecular complexity index is 417. The van der Waals surface area contributed by atoms with Gasteiger partial charge >= 0.3 is 5.97 Å². The number of nitrogens with two attached hydrogens (primary N) is 1. The molecule has 2 N–H and O–H groups in total. The number of hydrogen-bond acceptors (Lipinski definition) is 5. The van der Waals surface area contributed by atoms with E-state index in [4.69, 9.17) is 10.5 Å². The second-order valence-electron chi connectivity index (χ2n) is 4.08. The quantitative estimate of drug-likeness (QED) is 0.602. The molecule has 5 nitrogen and oxygen atoms in total. The first kappa shape index (κ1) is 15.3. The molecule has 0 heterocycles. The molecule has 0 fully saturated rings. The van der Waals surface area contributed by atoms with Crippen molar-refractivity contribution in [1.29, 1.82) is 0 Å². The molecule has 1 rings (SSSR count). The summed E-state index contributed by atoms with van der Waals surface area (Å²) >= 11 is 0. The molecule has 1 aromatic carbocycles. The number of ether oxygens (including phenoxy) is 2. The Morgan fingerprint density at radius 2 is 2.00 bits per heavy atom. The molecule has 0 spiro atoms. The number of para-hydroxylation sites is 1. The summed E-state index contributed by atoms with van der Waals surface area (Å²) in [5.74, 6) is 0.0711. The van der Waals surface area contributed by atoms with Crippen LogP contribution in [0.3, 0.4) is 0 Å². The number of nitrogens with zero attached hydrogens (tertiary/aromatic N) is 1. The van der Waals surface area contributed by atoms with E-state index in [2.05, 4.69) is 23.5 Å². The lowest BCUT2D eigenvalue weighted by molar-refractivity contribution is 0.0601. The molecule has 0 atom stereocenters. The fourth-order valence-corrected chi connectivity index (χ4v) is 1.78. The largest absolute Gasteiger partial charge is 0.490 e. The van der Waals surface area contributed by atoms with Crippen LogP contribution in [0.2, 0.25) is 0 Å². The number of carbonyl (C=O) groups is 1. The molecular formula is C14H22N2O3. The highest BCUT2D eigenvalue weighted by Gasteiger charge is 2.13. The van der Waals surface area contributed by atoms with E-state index in [1.54, 1.807) is 18.2 Å². The Balaban J connectivity index is 2.66. The summed E-state index contributed by atoms with van der Waals surface area (Å²) in [6.45, 7) is 7.55. The molecular weight excluding hydrogens is 244 g/mol. The summed E-state index contributed by atoms with van der Waals surface area (Å²) in [5, 5.41) is 0. The van der Waals surface area contributed by atoms with E-state index < -0.39 is 5.97 Å². The molecule has 0 bridgehead atoms. The van der Waals surface area contributed by atoms with Gasteiger partial charge in [0.15, 0.2) is 0 Å². The number of rotatable bonds is 7. The highest BCUT2D eigenvalue weighted by molar-refractivity contribution is 5.96. The molecule has 5 heteroatoms. The van der Waals surface area contributed by atoms with Crippen molar-refractivity contribution in [3.8, 4) is 5.75 Å². The van der Waals surface area contributed by atoms with E-state index in [0.717, 1.165) is 19.6 Å². The molecule has 0 aromatic heterocycles. The number of nitrogen functional groups attached to an aromatic ring is 1. The van der Waals surface area contributed by atoms with Crippen LogP contribution in [0.25, 0.3) is 0 Å². The standard InChI is InChI=1S/C14H22N2O3/c1-4-16(5-2)9-10-19-12-8-6-7-11(13(12)15)14(17)18-3/h6-8H,4-5,9-10,15H2,1-3H3. The number of benzene rings is 1.